The first-order chi connectivity index (χ1) is 10.1. The Bertz CT molecular complexity index is 712. The summed E-state index contributed by atoms with van der Waals surface area (Å²) in [6.45, 7) is 0.473. The van der Waals surface area contributed by atoms with Gasteiger partial charge in [0.05, 0.1) is 5.02 Å². The molecule has 1 amide bonds. The zero-order chi connectivity index (χ0) is 15.0. The van der Waals surface area contributed by atoms with Crippen LogP contribution < -0.4 is 0 Å². The highest BCUT2D eigenvalue weighted by molar-refractivity contribution is 7.21. The highest BCUT2D eigenvalue weighted by Gasteiger charge is 2.34. The van der Waals surface area contributed by atoms with Crippen molar-refractivity contribution in [2.75, 3.05) is 6.54 Å². The van der Waals surface area contributed by atoms with Crippen molar-refractivity contribution in [3.05, 3.63) is 34.2 Å². The molecule has 6 heteroatoms. The first-order valence-corrected chi connectivity index (χ1v) is 8.00. The molecule has 1 atom stereocenters. The number of hydrogen-bond donors (Lipinski definition) is 1. The average molecular weight is 324 g/mol. The van der Waals surface area contributed by atoms with Crippen molar-refractivity contribution >= 4 is 44.9 Å². The minimum Gasteiger partial charge on any atom is -0.480 e. The lowest BCUT2D eigenvalue weighted by Crippen LogP contribution is -2.47. The van der Waals surface area contributed by atoms with Crippen LogP contribution in [-0.2, 0) is 4.79 Å². The molecule has 0 unspecified atom stereocenters. The molecule has 2 aromatic rings. The van der Waals surface area contributed by atoms with Crippen LogP contribution in [-0.4, -0.2) is 34.5 Å². The molecule has 1 aliphatic heterocycles. The molecular weight excluding hydrogens is 310 g/mol. The highest BCUT2D eigenvalue weighted by Crippen LogP contribution is 2.36. The molecule has 0 aliphatic carbocycles. The van der Waals surface area contributed by atoms with Crippen molar-refractivity contribution in [3.63, 3.8) is 0 Å². The summed E-state index contributed by atoms with van der Waals surface area (Å²) >= 11 is 7.64. The summed E-state index contributed by atoms with van der Waals surface area (Å²) in [4.78, 5) is 25.9. The maximum Gasteiger partial charge on any atom is 0.326 e. The van der Waals surface area contributed by atoms with Gasteiger partial charge in [-0.05, 0) is 25.3 Å². The molecule has 1 saturated heterocycles. The van der Waals surface area contributed by atoms with E-state index in [1.807, 2.05) is 24.3 Å². The van der Waals surface area contributed by atoms with Gasteiger partial charge in [0.15, 0.2) is 0 Å². The number of nitrogens with zero attached hydrogens (tertiary/aromatic N) is 1. The summed E-state index contributed by atoms with van der Waals surface area (Å²) in [5, 5.41) is 10.6. The smallest absolute Gasteiger partial charge is 0.326 e. The third-order valence-electron chi connectivity index (χ3n) is 3.78. The maximum absolute atomic E-state index is 12.7. The number of benzene rings is 1. The van der Waals surface area contributed by atoms with Crippen LogP contribution in [0.25, 0.3) is 10.1 Å². The Balaban J connectivity index is 1.99. The normalized spacial score (nSPS) is 18.9. The Hall–Kier alpha value is -1.59. The molecule has 1 aromatic carbocycles. The molecule has 2 heterocycles. The second-order valence-electron chi connectivity index (χ2n) is 5.09. The van der Waals surface area contributed by atoms with Crippen LogP contribution in [0.15, 0.2) is 24.3 Å². The first-order valence-electron chi connectivity index (χ1n) is 6.80. The predicted molar refractivity (Wildman–Crippen MR) is 83.1 cm³/mol. The Labute approximate surface area is 130 Å². The second kappa shape index (κ2) is 5.66. The standard InChI is InChI=1S/C15H14ClNO3S/c16-12-9-5-1-2-7-11(9)21-13(12)14(18)17-8-4-3-6-10(17)15(19)20/h1-2,5,7,10H,3-4,6,8H2,(H,19,20)/t10-/m0/s1. The number of likely N-dealkylation sites (tertiary alicyclic amines) is 1. The Morgan fingerprint density at radius 3 is 2.76 bits per heavy atom. The number of rotatable bonds is 2. The number of hydrogen-bond acceptors (Lipinski definition) is 3. The van der Waals surface area contributed by atoms with Gasteiger partial charge in [-0.3, -0.25) is 4.79 Å². The van der Waals surface area contributed by atoms with Crippen LogP contribution >= 0.6 is 22.9 Å². The lowest BCUT2D eigenvalue weighted by molar-refractivity contribution is -0.143. The van der Waals surface area contributed by atoms with Gasteiger partial charge in [0.1, 0.15) is 10.9 Å². The molecule has 1 aliphatic rings. The van der Waals surface area contributed by atoms with Crippen molar-refractivity contribution < 1.29 is 14.7 Å². The average Bonchev–Trinajstić information content (AvgIpc) is 2.84. The van der Waals surface area contributed by atoms with Crippen LogP contribution in [0.3, 0.4) is 0 Å². The van der Waals surface area contributed by atoms with Gasteiger partial charge in [0, 0.05) is 16.6 Å². The van der Waals surface area contributed by atoms with Gasteiger partial charge in [0.2, 0.25) is 0 Å². The minimum atomic E-state index is -0.944. The zero-order valence-corrected chi connectivity index (χ0v) is 12.8. The number of fused-ring (bicyclic) bond motifs is 1. The Kier molecular flexibility index (Phi) is 3.87. The number of carboxylic acid groups (broad SMARTS) is 1. The molecule has 3 rings (SSSR count). The fraction of sp³-hybridized carbons (Fsp3) is 0.333. The summed E-state index contributed by atoms with van der Waals surface area (Å²) in [6.07, 6.45) is 2.17. The molecule has 0 bridgehead atoms. The zero-order valence-electron chi connectivity index (χ0n) is 11.2. The van der Waals surface area contributed by atoms with E-state index in [4.69, 9.17) is 11.6 Å². The molecule has 110 valence electrons. The van der Waals surface area contributed by atoms with E-state index in [1.54, 1.807) is 0 Å². The van der Waals surface area contributed by atoms with Crippen LogP contribution in [0.1, 0.15) is 28.9 Å². The third kappa shape index (κ3) is 2.51. The van der Waals surface area contributed by atoms with E-state index >= 15 is 0 Å². The molecule has 0 saturated carbocycles. The monoisotopic (exact) mass is 323 g/mol. The number of carboxylic acids is 1. The van der Waals surface area contributed by atoms with Crippen molar-refractivity contribution in [2.24, 2.45) is 0 Å². The fourth-order valence-corrected chi connectivity index (χ4v) is 4.18. The van der Waals surface area contributed by atoms with Gasteiger partial charge in [-0.1, -0.05) is 29.8 Å². The highest BCUT2D eigenvalue weighted by atomic mass is 35.5. The number of aliphatic carboxylic acids is 1. The van der Waals surface area contributed by atoms with Crippen LogP contribution in [0.2, 0.25) is 5.02 Å². The van der Waals surface area contributed by atoms with Gasteiger partial charge in [-0.25, -0.2) is 4.79 Å². The molecule has 4 nitrogen and oxygen atoms in total. The van der Waals surface area contributed by atoms with E-state index in [-0.39, 0.29) is 5.91 Å². The Morgan fingerprint density at radius 1 is 1.29 bits per heavy atom. The predicted octanol–water partition coefficient (Wildman–Crippen LogP) is 3.63. The summed E-state index contributed by atoms with van der Waals surface area (Å²) in [6, 6.07) is 6.80. The lowest BCUT2D eigenvalue weighted by Gasteiger charge is -2.32. The third-order valence-corrected chi connectivity index (χ3v) is 5.44. The summed E-state index contributed by atoms with van der Waals surface area (Å²) in [5.41, 5.74) is 0. The molecular formula is C15H14ClNO3S. The van der Waals surface area contributed by atoms with Crippen molar-refractivity contribution in [2.45, 2.75) is 25.3 Å². The number of piperidine rings is 1. The van der Waals surface area contributed by atoms with Crippen LogP contribution in [0.5, 0.6) is 0 Å². The quantitative estimate of drug-likeness (QED) is 0.918. The van der Waals surface area contributed by atoms with E-state index < -0.39 is 12.0 Å². The fourth-order valence-electron chi connectivity index (χ4n) is 2.71. The van der Waals surface area contributed by atoms with E-state index in [0.717, 1.165) is 22.9 Å². The summed E-state index contributed by atoms with van der Waals surface area (Å²) < 4.78 is 0.940. The molecule has 1 fully saturated rings. The Morgan fingerprint density at radius 2 is 2.05 bits per heavy atom. The van der Waals surface area contributed by atoms with E-state index in [0.29, 0.717) is 22.9 Å². The lowest BCUT2D eigenvalue weighted by atomic mass is 10.0. The van der Waals surface area contributed by atoms with Gasteiger partial charge < -0.3 is 10.0 Å². The summed E-state index contributed by atoms with van der Waals surface area (Å²) in [5.74, 6) is -1.21. The van der Waals surface area contributed by atoms with E-state index in [2.05, 4.69) is 0 Å². The van der Waals surface area contributed by atoms with Crippen molar-refractivity contribution in [1.82, 2.24) is 4.90 Å². The largest absolute Gasteiger partial charge is 0.480 e. The molecule has 21 heavy (non-hydrogen) atoms. The molecule has 1 N–H and O–H groups in total. The summed E-state index contributed by atoms with van der Waals surface area (Å²) in [7, 11) is 0. The maximum atomic E-state index is 12.7. The van der Waals surface area contributed by atoms with Crippen LogP contribution in [0.4, 0.5) is 0 Å². The second-order valence-corrected chi connectivity index (χ2v) is 6.52. The number of halogens is 1. The van der Waals surface area contributed by atoms with Crippen LogP contribution in [0, 0.1) is 0 Å². The van der Waals surface area contributed by atoms with Crippen molar-refractivity contribution in [3.8, 4) is 0 Å². The number of carbonyl (C=O) groups is 2. The van der Waals surface area contributed by atoms with Crippen molar-refractivity contribution in [1.29, 1.82) is 0 Å². The number of carbonyl (C=O) groups excluding carboxylic acids is 1. The van der Waals surface area contributed by atoms with Gasteiger partial charge in [-0.2, -0.15) is 0 Å². The topological polar surface area (TPSA) is 57.6 Å². The number of thiophene rings is 1. The van der Waals surface area contributed by atoms with Gasteiger partial charge >= 0.3 is 5.97 Å². The van der Waals surface area contributed by atoms with E-state index in [1.165, 1.54) is 16.2 Å². The SMILES string of the molecule is O=C(O)[C@@H]1CCCCN1C(=O)c1sc2ccccc2c1Cl. The minimum absolute atomic E-state index is 0.270. The number of amides is 1. The molecule has 0 radical (unpaired) electrons. The van der Waals surface area contributed by atoms with E-state index in [9.17, 15) is 14.7 Å². The van der Waals surface area contributed by atoms with Gasteiger partial charge in [0.25, 0.3) is 5.91 Å². The molecule has 0 spiro atoms. The molecule has 1 aromatic heterocycles. The first kappa shape index (κ1) is 14.4. The van der Waals surface area contributed by atoms with Gasteiger partial charge in [-0.15, -0.1) is 11.3 Å².